The number of azide groups is 1. The van der Waals surface area contributed by atoms with Gasteiger partial charge >= 0.3 is 0 Å². The molecule has 1 aromatic rings. The third-order valence-corrected chi connectivity index (χ3v) is 2.95. The summed E-state index contributed by atoms with van der Waals surface area (Å²) >= 11 is 1.12. The molecule has 0 saturated carbocycles. The largest absolute Gasteiger partial charge is 0.299 e. The summed E-state index contributed by atoms with van der Waals surface area (Å²) in [6.45, 7) is 3.24. The van der Waals surface area contributed by atoms with Crippen molar-refractivity contribution in [2.75, 3.05) is 11.4 Å². The van der Waals surface area contributed by atoms with Crippen molar-refractivity contribution >= 4 is 28.8 Å². The van der Waals surface area contributed by atoms with Gasteiger partial charge in [0, 0.05) is 11.8 Å². The predicted octanol–water partition coefficient (Wildman–Crippen LogP) is 2.57. The van der Waals surface area contributed by atoms with Crippen LogP contribution < -0.4 is 4.90 Å². The predicted molar refractivity (Wildman–Crippen MR) is 69.3 cm³/mol. The lowest BCUT2D eigenvalue weighted by atomic mass is 10.3. The van der Waals surface area contributed by atoms with Crippen molar-refractivity contribution < 1.29 is 9.59 Å². The molecule has 7 heteroatoms. The Bertz CT molecular complexity index is 575. The fourth-order valence-electron chi connectivity index (χ4n) is 1.29. The van der Waals surface area contributed by atoms with Crippen molar-refractivity contribution in [3.05, 3.63) is 26.8 Å². The van der Waals surface area contributed by atoms with Crippen LogP contribution in [0.25, 0.3) is 10.4 Å². The minimum atomic E-state index is -0.696. The molecule has 18 heavy (non-hydrogen) atoms. The lowest BCUT2D eigenvalue weighted by molar-refractivity contribution is -0.116. The van der Waals surface area contributed by atoms with E-state index in [0.717, 1.165) is 11.3 Å². The molecule has 0 spiro atoms. The summed E-state index contributed by atoms with van der Waals surface area (Å²) in [6.07, 6.45) is 0. The summed E-state index contributed by atoms with van der Waals surface area (Å²) in [5.41, 5.74) is 8.68. The van der Waals surface area contributed by atoms with Crippen molar-refractivity contribution in [2.45, 2.75) is 13.8 Å². The minimum absolute atomic E-state index is 0.194. The standard InChI is InChI=1S/C11H10N4O2S/c1-3-4-6-15(8(2)16)9-5-7-18-10(9)11(17)13-14-12/h5,7H,6H2,1-2H3. The molecule has 0 aliphatic heterocycles. The number of hydrogen-bond donors (Lipinski definition) is 0. The Morgan fingerprint density at radius 2 is 2.33 bits per heavy atom. The summed E-state index contributed by atoms with van der Waals surface area (Å²) in [5, 5.41) is 4.69. The van der Waals surface area contributed by atoms with E-state index in [4.69, 9.17) is 5.53 Å². The number of nitrogens with zero attached hydrogens (tertiary/aromatic N) is 4. The molecule has 0 fully saturated rings. The van der Waals surface area contributed by atoms with Crippen molar-refractivity contribution in [1.82, 2.24) is 0 Å². The molecular weight excluding hydrogens is 252 g/mol. The molecule has 0 bridgehead atoms. The van der Waals surface area contributed by atoms with E-state index < -0.39 is 5.91 Å². The molecule has 1 rings (SSSR count). The summed E-state index contributed by atoms with van der Waals surface area (Å²) < 4.78 is 0. The van der Waals surface area contributed by atoms with Crippen LogP contribution in [-0.4, -0.2) is 18.4 Å². The Hall–Kier alpha value is -2.29. The van der Waals surface area contributed by atoms with Gasteiger partial charge < -0.3 is 0 Å². The number of hydrogen-bond acceptors (Lipinski definition) is 3. The second-order valence-corrected chi connectivity index (χ2v) is 4.08. The molecule has 0 N–H and O–H groups in total. The van der Waals surface area contributed by atoms with Gasteiger partial charge in [-0.25, -0.2) is 0 Å². The zero-order valence-corrected chi connectivity index (χ0v) is 10.7. The van der Waals surface area contributed by atoms with Crippen LogP contribution in [0, 0.1) is 11.8 Å². The van der Waals surface area contributed by atoms with Crippen LogP contribution in [0.15, 0.2) is 16.6 Å². The molecule has 0 atom stereocenters. The van der Waals surface area contributed by atoms with Gasteiger partial charge in [0.2, 0.25) is 5.91 Å². The fraction of sp³-hybridized carbons (Fsp3) is 0.273. The van der Waals surface area contributed by atoms with E-state index in [1.807, 2.05) is 0 Å². The number of rotatable bonds is 3. The molecule has 0 unspecified atom stereocenters. The van der Waals surface area contributed by atoms with Crippen LogP contribution >= 0.6 is 11.3 Å². The van der Waals surface area contributed by atoms with E-state index in [1.54, 1.807) is 18.4 Å². The lowest BCUT2D eigenvalue weighted by Crippen LogP contribution is -2.29. The molecule has 0 aliphatic rings. The average molecular weight is 262 g/mol. The zero-order chi connectivity index (χ0) is 13.5. The molecule has 1 aromatic heterocycles. The normalized spacial score (nSPS) is 8.78. The number of amides is 2. The highest BCUT2D eigenvalue weighted by Gasteiger charge is 2.19. The molecule has 2 amide bonds. The first-order valence-corrected chi connectivity index (χ1v) is 5.84. The maximum absolute atomic E-state index is 11.5. The second kappa shape index (κ2) is 6.45. The van der Waals surface area contributed by atoms with Gasteiger partial charge in [0.05, 0.1) is 12.2 Å². The summed E-state index contributed by atoms with van der Waals surface area (Å²) in [6, 6.07) is 1.63. The minimum Gasteiger partial charge on any atom is -0.299 e. The number of thiophene rings is 1. The number of anilines is 1. The first-order valence-electron chi connectivity index (χ1n) is 4.96. The van der Waals surface area contributed by atoms with Gasteiger partial charge in [-0.05, 0) is 29.0 Å². The lowest BCUT2D eigenvalue weighted by Gasteiger charge is -2.17. The van der Waals surface area contributed by atoms with Crippen molar-refractivity contribution in [2.24, 2.45) is 5.11 Å². The summed E-state index contributed by atoms with van der Waals surface area (Å²) in [7, 11) is 0. The Balaban J connectivity index is 3.16. The van der Waals surface area contributed by atoms with E-state index in [0.29, 0.717) is 5.69 Å². The molecule has 6 nitrogen and oxygen atoms in total. The number of carbonyl (C=O) groups excluding carboxylic acids is 2. The van der Waals surface area contributed by atoms with E-state index in [2.05, 4.69) is 21.9 Å². The van der Waals surface area contributed by atoms with Crippen LogP contribution in [0.5, 0.6) is 0 Å². The molecule has 0 aromatic carbocycles. The smallest absolute Gasteiger partial charge is 0.261 e. The van der Waals surface area contributed by atoms with Gasteiger partial charge in [0.1, 0.15) is 4.88 Å². The van der Waals surface area contributed by atoms with Crippen LogP contribution in [0.3, 0.4) is 0 Å². The summed E-state index contributed by atoms with van der Waals surface area (Å²) in [5.74, 6) is 4.52. The van der Waals surface area contributed by atoms with Crippen molar-refractivity contribution in [3.63, 3.8) is 0 Å². The molecule has 0 aliphatic carbocycles. The topological polar surface area (TPSA) is 86.1 Å². The van der Waals surface area contributed by atoms with Crippen molar-refractivity contribution in [3.8, 4) is 11.8 Å². The van der Waals surface area contributed by atoms with Gasteiger partial charge in [-0.15, -0.1) is 17.3 Å². The second-order valence-electron chi connectivity index (χ2n) is 3.16. The Labute approximate surface area is 108 Å². The third-order valence-electron chi connectivity index (χ3n) is 2.06. The van der Waals surface area contributed by atoms with E-state index in [-0.39, 0.29) is 17.3 Å². The quantitative estimate of drug-likeness (QED) is 0.363. The fourth-order valence-corrected chi connectivity index (χ4v) is 2.06. The first kappa shape index (κ1) is 13.8. The maximum Gasteiger partial charge on any atom is 0.261 e. The molecule has 92 valence electrons. The van der Waals surface area contributed by atoms with Gasteiger partial charge in [-0.1, -0.05) is 5.92 Å². The van der Waals surface area contributed by atoms with Gasteiger partial charge in [0.25, 0.3) is 5.91 Å². The van der Waals surface area contributed by atoms with Gasteiger partial charge in [-0.3, -0.25) is 14.5 Å². The van der Waals surface area contributed by atoms with Crippen molar-refractivity contribution in [1.29, 1.82) is 0 Å². The van der Waals surface area contributed by atoms with Crippen LogP contribution in [0.1, 0.15) is 23.5 Å². The molecule has 1 heterocycles. The van der Waals surface area contributed by atoms with Crippen LogP contribution in [-0.2, 0) is 4.79 Å². The highest BCUT2D eigenvalue weighted by Crippen LogP contribution is 2.27. The van der Waals surface area contributed by atoms with Crippen LogP contribution in [0.2, 0.25) is 0 Å². The zero-order valence-electron chi connectivity index (χ0n) is 9.88. The number of carbonyl (C=O) groups is 2. The highest BCUT2D eigenvalue weighted by molar-refractivity contribution is 7.12. The molecule has 0 saturated heterocycles. The third kappa shape index (κ3) is 3.10. The van der Waals surface area contributed by atoms with Crippen LogP contribution in [0.4, 0.5) is 5.69 Å². The van der Waals surface area contributed by atoms with E-state index in [9.17, 15) is 9.59 Å². The van der Waals surface area contributed by atoms with E-state index >= 15 is 0 Å². The highest BCUT2D eigenvalue weighted by atomic mass is 32.1. The summed E-state index contributed by atoms with van der Waals surface area (Å²) in [4.78, 5) is 27.1. The Kier molecular flexibility index (Phi) is 4.93. The van der Waals surface area contributed by atoms with Gasteiger partial charge in [0.15, 0.2) is 0 Å². The monoisotopic (exact) mass is 262 g/mol. The average Bonchev–Trinajstić information content (AvgIpc) is 2.78. The van der Waals surface area contributed by atoms with Gasteiger partial charge in [-0.2, -0.15) is 0 Å². The first-order chi connectivity index (χ1) is 8.61. The molecular formula is C11H10N4O2S. The SMILES string of the molecule is CC#CCN(C(C)=O)c1ccsc1C(=O)N=[N+]=[N-]. The van der Waals surface area contributed by atoms with E-state index in [1.165, 1.54) is 11.8 Å². The maximum atomic E-state index is 11.5. The Morgan fingerprint density at radius 3 is 2.89 bits per heavy atom. The molecule has 0 radical (unpaired) electrons. The Morgan fingerprint density at radius 1 is 1.61 bits per heavy atom.